The fourth-order valence-corrected chi connectivity index (χ4v) is 4.20. The Morgan fingerprint density at radius 2 is 0.690 bits per heavy atom. The molecule has 0 N–H and O–H groups in total. The summed E-state index contributed by atoms with van der Waals surface area (Å²) >= 11 is 0. The van der Waals surface area contributed by atoms with E-state index >= 15 is 0 Å². The molecule has 0 heterocycles. The molecule has 1 nitrogen and oxygen atoms in total. The van der Waals surface area contributed by atoms with E-state index in [0.29, 0.717) is 0 Å². The van der Waals surface area contributed by atoms with Crippen LogP contribution in [0.3, 0.4) is 0 Å². The van der Waals surface area contributed by atoms with Crippen LogP contribution < -0.4 is 0 Å². The highest BCUT2D eigenvalue weighted by molar-refractivity contribution is 5.64. The van der Waals surface area contributed by atoms with Crippen molar-refractivity contribution in [3.63, 3.8) is 0 Å². The fourth-order valence-electron chi connectivity index (χ4n) is 4.20. The maximum absolute atomic E-state index is 10.1. The zero-order valence-corrected chi connectivity index (χ0v) is 20.1. The summed E-state index contributed by atoms with van der Waals surface area (Å²) < 4.78 is 0. The van der Waals surface area contributed by atoms with E-state index in [0.717, 1.165) is 12.7 Å². The second-order valence-electron chi connectivity index (χ2n) is 9.13. The van der Waals surface area contributed by atoms with Crippen molar-refractivity contribution in [2.45, 2.75) is 161 Å². The molecule has 0 aliphatic carbocycles. The van der Waals surface area contributed by atoms with Crippen molar-refractivity contribution in [3.05, 3.63) is 12.2 Å². The Hall–Kier alpha value is -0.590. The van der Waals surface area contributed by atoms with Crippen molar-refractivity contribution in [1.29, 1.82) is 0 Å². The maximum atomic E-state index is 10.1. The van der Waals surface area contributed by atoms with Gasteiger partial charge in [0.15, 0.2) is 0 Å². The number of hydrogen-bond donors (Lipinski definition) is 0. The van der Waals surface area contributed by atoms with Crippen LogP contribution >= 0.6 is 0 Å². The van der Waals surface area contributed by atoms with E-state index in [1.165, 1.54) is 148 Å². The Morgan fingerprint density at radius 1 is 0.414 bits per heavy atom. The van der Waals surface area contributed by atoms with Crippen LogP contribution in [0.2, 0.25) is 0 Å². The Balaban J connectivity index is 3.00. The molecule has 172 valence electrons. The van der Waals surface area contributed by atoms with E-state index < -0.39 is 0 Å². The number of carbonyl (C=O) groups excluding carboxylic acids is 1. The van der Waals surface area contributed by atoms with E-state index in [4.69, 9.17) is 0 Å². The summed E-state index contributed by atoms with van der Waals surface area (Å²) in [6, 6.07) is 0. The molecule has 0 atom stereocenters. The van der Waals surface area contributed by atoms with Gasteiger partial charge in [0.1, 0.15) is 6.29 Å². The molecule has 0 saturated carbocycles. The first-order valence-electron chi connectivity index (χ1n) is 13.5. The monoisotopic (exact) mass is 406 g/mol. The summed E-state index contributed by atoms with van der Waals surface area (Å²) in [7, 11) is 0. The lowest BCUT2D eigenvalue weighted by atomic mass is 10.0. The Bertz CT molecular complexity index is 320. The van der Waals surface area contributed by atoms with Crippen LogP contribution in [0.15, 0.2) is 12.2 Å². The van der Waals surface area contributed by atoms with Crippen LogP contribution in [0.4, 0.5) is 0 Å². The minimum absolute atomic E-state index is 0.874. The number of aldehydes is 1. The van der Waals surface area contributed by atoms with Crippen LogP contribution in [0.1, 0.15) is 161 Å². The van der Waals surface area contributed by atoms with Crippen LogP contribution in [0, 0.1) is 0 Å². The Morgan fingerprint density at radius 3 is 0.966 bits per heavy atom. The molecule has 0 aromatic rings. The summed E-state index contributed by atoms with van der Waals surface area (Å²) in [6.07, 6.45) is 38.6. The first kappa shape index (κ1) is 28.4. The van der Waals surface area contributed by atoms with Gasteiger partial charge in [0.05, 0.1) is 0 Å². The molecule has 0 fully saturated rings. The molecule has 0 spiro atoms. The van der Waals surface area contributed by atoms with E-state index in [1.807, 2.05) is 6.08 Å². The van der Waals surface area contributed by atoms with Crippen molar-refractivity contribution >= 4 is 6.29 Å². The molecule has 0 unspecified atom stereocenters. The van der Waals surface area contributed by atoms with Gasteiger partial charge < -0.3 is 0 Å². The number of unbranched alkanes of at least 4 members (excludes halogenated alkanes) is 23. The van der Waals surface area contributed by atoms with E-state index in [-0.39, 0.29) is 0 Å². The zero-order chi connectivity index (χ0) is 21.1. The first-order valence-corrected chi connectivity index (χ1v) is 13.5. The highest BCUT2D eigenvalue weighted by Gasteiger charge is 1.95. The smallest absolute Gasteiger partial charge is 0.142 e. The van der Waals surface area contributed by atoms with Gasteiger partial charge in [-0.05, 0) is 18.9 Å². The van der Waals surface area contributed by atoms with Gasteiger partial charge in [0.25, 0.3) is 0 Å². The predicted molar refractivity (Wildman–Crippen MR) is 132 cm³/mol. The highest BCUT2D eigenvalue weighted by Crippen LogP contribution is 2.15. The van der Waals surface area contributed by atoms with Gasteiger partial charge in [-0.1, -0.05) is 154 Å². The second kappa shape index (κ2) is 27.4. The van der Waals surface area contributed by atoms with Crippen LogP contribution in [-0.2, 0) is 4.79 Å². The molecule has 0 aliphatic heterocycles. The van der Waals surface area contributed by atoms with Crippen molar-refractivity contribution in [2.75, 3.05) is 0 Å². The molecule has 0 rings (SSSR count). The molecule has 0 aromatic heterocycles. The average molecular weight is 407 g/mol. The molecule has 0 amide bonds. The van der Waals surface area contributed by atoms with E-state index in [9.17, 15) is 4.79 Å². The number of hydrogen-bond acceptors (Lipinski definition) is 1. The lowest BCUT2D eigenvalue weighted by molar-refractivity contribution is -0.104. The summed E-state index contributed by atoms with van der Waals surface area (Å²) in [5.74, 6) is 0. The van der Waals surface area contributed by atoms with Crippen molar-refractivity contribution in [1.82, 2.24) is 0 Å². The Labute approximate surface area is 184 Å². The summed E-state index contributed by atoms with van der Waals surface area (Å²) in [4.78, 5) is 10.1. The molecule has 0 radical (unpaired) electrons. The number of allylic oxidation sites excluding steroid dienone is 2. The standard InChI is InChI=1S/C28H54O/c1-2-3-4-5-6-7-8-9-10-11-12-13-14-15-16-17-18-19-20-21-22-23-24-25-26-27-28-29/h26-28H,2-25H2,1H3. The topological polar surface area (TPSA) is 17.1 Å². The highest BCUT2D eigenvalue weighted by atomic mass is 16.1. The van der Waals surface area contributed by atoms with Gasteiger partial charge in [-0.25, -0.2) is 0 Å². The third-order valence-corrected chi connectivity index (χ3v) is 6.19. The number of rotatable bonds is 25. The first-order chi connectivity index (χ1) is 14.4. The summed E-state index contributed by atoms with van der Waals surface area (Å²) in [5, 5.41) is 0. The van der Waals surface area contributed by atoms with Gasteiger partial charge in [-0.15, -0.1) is 0 Å². The van der Waals surface area contributed by atoms with E-state index in [1.54, 1.807) is 6.08 Å². The van der Waals surface area contributed by atoms with Crippen molar-refractivity contribution in [2.24, 2.45) is 0 Å². The van der Waals surface area contributed by atoms with Gasteiger partial charge in [-0.3, -0.25) is 4.79 Å². The number of carbonyl (C=O) groups is 1. The molecule has 29 heavy (non-hydrogen) atoms. The van der Waals surface area contributed by atoms with Gasteiger partial charge in [0.2, 0.25) is 0 Å². The van der Waals surface area contributed by atoms with Gasteiger partial charge in [-0.2, -0.15) is 0 Å². The van der Waals surface area contributed by atoms with Crippen LogP contribution in [-0.4, -0.2) is 6.29 Å². The van der Waals surface area contributed by atoms with Gasteiger partial charge >= 0.3 is 0 Å². The normalized spacial score (nSPS) is 11.5. The summed E-state index contributed by atoms with van der Waals surface area (Å²) in [6.45, 7) is 2.30. The molecule has 1 heteroatoms. The molecule has 0 aliphatic rings. The van der Waals surface area contributed by atoms with Gasteiger partial charge in [0, 0.05) is 0 Å². The Kier molecular flexibility index (Phi) is 26.9. The minimum Gasteiger partial charge on any atom is -0.299 e. The molecular formula is C28H54O. The molecule has 0 bridgehead atoms. The summed E-state index contributed by atoms with van der Waals surface area (Å²) in [5.41, 5.74) is 0. The SMILES string of the molecule is CCCCCCCCCCCCCCCCCCCCCCCCCC=CC=O. The molecular weight excluding hydrogens is 352 g/mol. The third-order valence-electron chi connectivity index (χ3n) is 6.19. The lowest BCUT2D eigenvalue weighted by Gasteiger charge is -2.04. The largest absolute Gasteiger partial charge is 0.299 e. The van der Waals surface area contributed by atoms with Crippen molar-refractivity contribution in [3.8, 4) is 0 Å². The lowest BCUT2D eigenvalue weighted by Crippen LogP contribution is -1.84. The average Bonchev–Trinajstić information content (AvgIpc) is 2.74. The van der Waals surface area contributed by atoms with Crippen LogP contribution in [0.25, 0.3) is 0 Å². The zero-order valence-electron chi connectivity index (χ0n) is 20.1. The van der Waals surface area contributed by atoms with E-state index in [2.05, 4.69) is 6.92 Å². The second-order valence-corrected chi connectivity index (χ2v) is 9.13. The quantitative estimate of drug-likeness (QED) is 0.0837. The maximum Gasteiger partial charge on any atom is 0.142 e. The van der Waals surface area contributed by atoms with Crippen molar-refractivity contribution < 1.29 is 4.79 Å². The molecule has 0 aromatic carbocycles. The van der Waals surface area contributed by atoms with Crippen LogP contribution in [0.5, 0.6) is 0 Å². The fraction of sp³-hybridized carbons (Fsp3) is 0.893. The minimum atomic E-state index is 0.874. The predicted octanol–water partition coefficient (Wildman–Crippen LogP) is 10.1. The molecule has 0 saturated heterocycles. The third kappa shape index (κ3) is 27.4.